The van der Waals surface area contributed by atoms with Crippen molar-refractivity contribution in [1.29, 1.82) is 0 Å². The van der Waals surface area contributed by atoms with Crippen molar-refractivity contribution in [3.63, 3.8) is 0 Å². The smallest absolute Gasteiger partial charge is 0.238 e. The summed E-state index contributed by atoms with van der Waals surface area (Å²) in [5.41, 5.74) is 6.24. The minimum absolute atomic E-state index is 0.450. The monoisotopic (exact) mass is 209 g/mol. The first-order valence-electron chi connectivity index (χ1n) is 5.28. The molecule has 0 saturated heterocycles. The molecular formula is C11H19N3O. The number of anilines is 2. The minimum atomic E-state index is 0.450. The van der Waals surface area contributed by atoms with Gasteiger partial charge in [0.2, 0.25) is 5.88 Å². The third-order valence-electron chi connectivity index (χ3n) is 2.42. The fourth-order valence-electron chi connectivity index (χ4n) is 1.40. The minimum Gasteiger partial charge on any atom is -0.479 e. The average molecular weight is 209 g/mol. The van der Waals surface area contributed by atoms with Gasteiger partial charge in [-0.25, -0.2) is 0 Å². The van der Waals surface area contributed by atoms with E-state index in [1.165, 1.54) is 0 Å². The molecule has 0 atom stereocenters. The Balaban J connectivity index is 2.77. The molecule has 0 saturated carbocycles. The number of ether oxygens (including phenoxy) is 1. The Labute approximate surface area is 90.8 Å². The third-order valence-corrected chi connectivity index (χ3v) is 2.42. The van der Waals surface area contributed by atoms with Gasteiger partial charge < -0.3 is 15.8 Å². The fourth-order valence-corrected chi connectivity index (χ4v) is 1.40. The van der Waals surface area contributed by atoms with Crippen LogP contribution in [0.3, 0.4) is 0 Å². The van der Waals surface area contributed by atoms with Crippen molar-refractivity contribution < 1.29 is 4.74 Å². The van der Waals surface area contributed by atoms with Gasteiger partial charge in [-0.2, -0.15) is 4.98 Å². The summed E-state index contributed by atoms with van der Waals surface area (Å²) >= 11 is 0. The summed E-state index contributed by atoms with van der Waals surface area (Å²) in [5.74, 6) is 1.29. The number of nitrogen functional groups attached to an aromatic ring is 1. The Kier molecular flexibility index (Phi) is 4.21. The molecular weight excluding hydrogens is 190 g/mol. The van der Waals surface area contributed by atoms with Gasteiger partial charge in [0.25, 0.3) is 0 Å². The normalized spacial score (nSPS) is 10.4. The molecule has 1 rings (SSSR count). The van der Waals surface area contributed by atoms with Crippen LogP contribution in [0.15, 0.2) is 12.1 Å². The van der Waals surface area contributed by atoms with Gasteiger partial charge in [-0.1, -0.05) is 13.8 Å². The molecule has 1 aromatic heterocycles. The summed E-state index contributed by atoms with van der Waals surface area (Å²) in [6.07, 6.45) is 2.15. The molecule has 0 aliphatic heterocycles. The van der Waals surface area contributed by atoms with Crippen LogP contribution in [0.2, 0.25) is 0 Å². The van der Waals surface area contributed by atoms with Crippen LogP contribution in [0, 0.1) is 0 Å². The van der Waals surface area contributed by atoms with Crippen molar-refractivity contribution in [1.82, 2.24) is 4.98 Å². The number of nitrogens with one attached hydrogen (secondary N) is 1. The maximum Gasteiger partial charge on any atom is 0.238 e. The number of methoxy groups -OCH3 is 1. The predicted octanol–water partition coefficient (Wildman–Crippen LogP) is 2.27. The maximum absolute atomic E-state index is 5.68. The van der Waals surface area contributed by atoms with E-state index < -0.39 is 0 Å². The zero-order chi connectivity index (χ0) is 11.3. The number of aromatic nitrogens is 1. The van der Waals surface area contributed by atoms with Crippen LogP contribution in [0.1, 0.15) is 26.7 Å². The quantitative estimate of drug-likeness (QED) is 0.781. The predicted molar refractivity (Wildman–Crippen MR) is 63.2 cm³/mol. The second-order valence-electron chi connectivity index (χ2n) is 3.45. The van der Waals surface area contributed by atoms with Crippen LogP contribution in [0.5, 0.6) is 5.88 Å². The summed E-state index contributed by atoms with van der Waals surface area (Å²) in [6, 6.07) is 4.12. The molecule has 0 amide bonds. The van der Waals surface area contributed by atoms with Gasteiger partial charge >= 0.3 is 0 Å². The van der Waals surface area contributed by atoms with E-state index in [1.807, 2.05) is 6.07 Å². The maximum atomic E-state index is 5.68. The lowest BCUT2D eigenvalue weighted by molar-refractivity contribution is 0.400. The van der Waals surface area contributed by atoms with Gasteiger partial charge in [-0.05, 0) is 25.0 Å². The lowest BCUT2D eigenvalue weighted by atomic mass is 10.2. The van der Waals surface area contributed by atoms with E-state index in [9.17, 15) is 0 Å². The van der Waals surface area contributed by atoms with Crippen molar-refractivity contribution in [3.05, 3.63) is 12.1 Å². The van der Waals surface area contributed by atoms with E-state index in [2.05, 4.69) is 24.1 Å². The highest BCUT2D eigenvalue weighted by Gasteiger charge is 2.06. The number of hydrogen-bond donors (Lipinski definition) is 2. The third kappa shape index (κ3) is 3.01. The van der Waals surface area contributed by atoms with E-state index in [-0.39, 0.29) is 0 Å². The average Bonchev–Trinajstić information content (AvgIpc) is 2.28. The Hall–Kier alpha value is -1.45. The molecule has 0 radical (unpaired) electrons. The number of rotatable bonds is 5. The van der Waals surface area contributed by atoms with E-state index in [0.717, 1.165) is 18.7 Å². The Bertz CT molecular complexity index is 311. The van der Waals surface area contributed by atoms with E-state index in [0.29, 0.717) is 17.6 Å². The molecule has 3 N–H and O–H groups in total. The summed E-state index contributed by atoms with van der Waals surface area (Å²) in [7, 11) is 1.57. The van der Waals surface area contributed by atoms with Crippen LogP contribution >= 0.6 is 0 Å². The molecule has 0 unspecified atom stereocenters. The molecule has 0 aromatic carbocycles. The van der Waals surface area contributed by atoms with Crippen LogP contribution in [-0.4, -0.2) is 18.1 Å². The number of pyridine rings is 1. The lowest BCUT2D eigenvalue weighted by Crippen LogP contribution is -2.18. The molecule has 0 bridgehead atoms. The lowest BCUT2D eigenvalue weighted by Gasteiger charge is -2.16. The van der Waals surface area contributed by atoms with Crippen molar-refractivity contribution >= 4 is 11.5 Å². The van der Waals surface area contributed by atoms with Crippen molar-refractivity contribution in [2.24, 2.45) is 0 Å². The van der Waals surface area contributed by atoms with Crippen molar-refractivity contribution in [2.75, 3.05) is 18.2 Å². The molecule has 1 aromatic rings. The summed E-state index contributed by atoms with van der Waals surface area (Å²) in [5, 5.41) is 3.33. The van der Waals surface area contributed by atoms with E-state index in [1.54, 1.807) is 13.2 Å². The van der Waals surface area contributed by atoms with Crippen LogP contribution < -0.4 is 15.8 Å². The molecule has 0 aliphatic carbocycles. The molecule has 1 heterocycles. The topological polar surface area (TPSA) is 60.2 Å². The van der Waals surface area contributed by atoms with Crippen LogP contribution in [0.4, 0.5) is 11.5 Å². The first-order chi connectivity index (χ1) is 7.21. The Morgan fingerprint density at radius 1 is 1.40 bits per heavy atom. The highest BCUT2D eigenvalue weighted by atomic mass is 16.5. The largest absolute Gasteiger partial charge is 0.479 e. The Morgan fingerprint density at radius 2 is 2.07 bits per heavy atom. The van der Waals surface area contributed by atoms with Crippen molar-refractivity contribution in [2.45, 2.75) is 32.7 Å². The second-order valence-corrected chi connectivity index (χ2v) is 3.45. The fraction of sp³-hybridized carbons (Fsp3) is 0.545. The number of nitrogens with zero attached hydrogens (tertiary/aromatic N) is 1. The highest BCUT2D eigenvalue weighted by Crippen LogP contribution is 2.21. The molecule has 84 valence electrons. The zero-order valence-electron chi connectivity index (χ0n) is 9.58. The first kappa shape index (κ1) is 11.6. The molecule has 0 spiro atoms. The van der Waals surface area contributed by atoms with Gasteiger partial charge in [0.05, 0.1) is 12.8 Å². The number of nitrogens with two attached hydrogens (primary N) is 1. The Morgan fingerprint density at radius 3 is 2.60 bits per heavy atom. The van der Waals surface area contributed by atoms with Gasteiger partial charge in [0, 0.05) is 6.04 Å². The molecule has 0 fully saturated rings. The standard InChI is InChI=1S/C11H19N3O/c1-4-8(5-2)13-10-7-6-9(12)11(14-10)15-3/h6-8H,4-5,12H2,1-3H3,(H,13,14). The summed E-state index contributed by atoms with van der Waals surface area (Å²) in [4.78, 5) is 4.27. The highest BCUT2D eigenvalue weighted by molar-refractivity contribution is 5.53. The molecule has 15 heavy (non-hydrogen) atoms. The zero-order valence-corrected chi connectivity index (χ0v) is 9.58. The summed E-state index contributed by atoms with van der Waals surface area (Å²) in [6.45, 7) is 4.30. The van der Waals surface area contributed by atoms with Crippen LogP contribution in [0.25, 0.3) is 0 Å². The van der Waals surface area contributed by atoms with Crippen LogP contribution in [-0.2, 0) is 0 Å². The number of hydrogen-bond acceptors (Lipinski definition) is 4. The summed E-state index contributed by atoms with van der Waals surface area (Å²) < 4.78 is 5.06. The molecule has 4 heteroatoms. The molecule has 4 nitrogen and oxygen atoms in total. The van der Waals surface area contributed by atoms with Crippen molar-refractivity contribution in [3.8, 4) is 5.88 Å². The van der Waals surface area contributed by atoms with Gasteiger partial charge in [-0.15, -0.1) is 0 Å². The van der Waals surface area contributed by atoms with E-state index in [4.69, 9.17) is 10.5 Å². The first-order valence-corrected chi connectivity index (χ1v) is 5.28. The SMILES string of the molecule is CCC(CC)Nc1ccc(N)c(OC)n1. The second kappa shape index (κ2) is 5.44. The van der Waals surface area contributed by atoms with Gasteiger partial charge in [0.1, 0.15) is 5.82 Å². The van der Waals surface area contributed by atoms with Gasteiger partial charge in [0.15, 0.2) is 0 Å². The molecule has 0 aliphatic rings. The van der Waals surface area contributed by atoms with Gasteiger partial charge in [-0.3, -0.25) is 0 Å². The van der Waals surface area contributed by atoms with E-state index >= 15 is 0 Å².